The van der Waals surface area contributed by atoms with Gasteiger partial charge in [-0.2, -0.15) is 13.2 Å². The summed E-state index contributed by atoms with van der Waals surface area (Å²) < 4.78 is 48.4. The normalized spacial score (nSPS) is 21.4. The van der Waals surface area contributed by atoms with E-state index >= 15 is 0 Å². The molecule has 2 amide bonds. The highest BCUT2D eigenvalue weighted by atomic mass is 19.4. The first-order valence-corrected chi connectivity index (χ1v) is 14.0. The molecule has 0 bridgehead atoms. The van der Waals surface area contributed by atoms with Gasteiger partial charge in [0.2, 0.25) is 0 Å². The number of aliphatic hydroxyl groups is 1. The third kappa shape index (κ3) is 6.14. The molecule has 2 aromatic carbocycles. The number of carbonyl (C=O) groups excluding carboxylic acids is 2. The van der Waals surface area contributed by atoms with Crippen molar-refractivity contribution in [3.63, 3.8) is 0 Å². The molecule has 1 saturated heterocycles. The maximum atomic E-state index is 14.1. The number of carbonyl (C=O) groups is 2. The van der Waals surface area contributed by atoms with Crippen molar-refractivity contribution in [3.8, 4) is 5.75 Å². The molecule has 2 fully saturated rings. The van der Waals surface area contributed by atoms with Gasteiger partial charge in [-0.05, 0) is 86.6 Å². The summed E-state index contributed by atoms with van der Waals surface area (Å²) in [7, 11) is 3.44. The number of hydrogen-bond donors (Lipinski definition) is 1. The minimum absolute atomic E-state index is 0.0470. The summed E-state index contributed by atoms with van der Waals surface area (Å²) in [5.74, 6) is 0.184. The summed E-state index contributed by atoms with van der Waals surface area (Å²) in [4.78, 5) is 28.1. The van der Waals surface area contributed by atoms with E-state index in [0.29, 0.717) is 42.2 Å². The summed E-state index contributed by atoms with van der Waals surface area (Å²) in [5.41, 5.74) is -1.84. The summed E-state index contributed by atoms with van der Waals surface area (Å²) in [6.07, 6.45) is -0.570. The van der Waals surface area contributed by atoms with Crippen LogP contribution in [0.1, 0.15) is 66.1 Å². The van der Waals surface area contributed by atoms with Gasteiger partial charge in [-0.25, -0.2) is 0 Å². The summed E-state index contributed by atoms with van der Waals surface area (Å²) in [5, 5.41) is 10.8. The Balaban J connectivity index is 1.28. The summed E-state index contributed by atoms with van der Waals surface area (Å²) in [6.45, 7) is 4.09. The number of benzene rings is 2. The first kappa shape index (κ1) is 29.9. The maximum Gasteiger partial charge on any atom is 0.430 e. The highest BCUT2D eigenvalue weighted by molar-refractivity contribution is 5.95. The van der Waals surface area contributed by atoms with Crippen molar-refractivity contribution in [2.24, 2.45) is 11.8 Å². The lowest BCUT2D eigenvalue weighted by Crippen LogP contribution is -2.57. The quantitative estimate of drug-likeness (QED) is 0.463. The van der Waals surface area contributed by atoms with E-state index in [4.69, 9.17) is 4.74 Å². The van der Waals surface area contributed by atoms with Gasteiger partial charge in [0.25, 0.3) is 17.4 Å². The molecule has 1 saturated carbocycles. The molecule has 1 aliphatic heterocycles. The SMILES string of the molecule is CCc1cccc([C@@](O)(C(=O)N2CCC(C[C@H]3C[C@@H](Oc4ccc(C(=O)N(C)C)c(C)c4)C3)CC2)C(F)(F)F)c1. The van der Waals surface area contributed by atoms with Crippen LogP contribution in [0.15, 0.2) is 42.5 Å². The van der Waals surface area contributed by atoms with Crippen LogP contribution >= 0.6 is 0 Å². The Labute approximate surface area is 234 Å². The molecule has 1 N–H and O–H groups in total. The smallest absolute Gasteiger partial charge is 0.430 e. The Morgan fingerprint density at radius 3 is 2.30 bits per heavy atom. The van der Waals surface area contributed by atoms with Crippen molar-refractivity contribution in [1.82, 2.24) is 9.80 Å². The Kier molecular flexibility index (Phi) is 8.83. The minimum Gasteiger partial charge on any atom is -0.490 e. The van der Waals surface area contributed by atoms with Gasteiger partial charge in [0.05, 0.1) is 6.10 Å². The van der Waals surface area contributed by atoms with Crippen LogP contribution in [-0.4, -0.2) is 66.2 Å². The van der Waals surface area contributed by atoms with E-state index in [9.17, 15) is 27.9 Å². The molecule has 218 valence electrons. The topological polar surface area (TPSA) is 70.1 Å². The second-order valence-corrected chi connectivity index (χ2v) is 11.5. The molecular weight excluding hydrogens is 521 g/mol. The van der Waals surface area contributed by atoms with Crippen LogP contribution in [0.4, 0.5) is 13.2 Å². The Morgan fingerprint density at radius 1 is 1.05 bits per heavy atom. The average molecular weight is 561 g/mol. The second-order valence-electron chi connectivity index (χ2n) is 11.5. The summed E-state index contributed by atoms with van der Waals surface area (Å²) >= 11 is 0. The summed E-state index contributed by atoms with van der Waals surface area (Å²) in [6, 6.07) is 11.1. The Bertz CT molecular complexity index is 1220. The zero-order valence-electron chi connectivity index (χ0n) is 23.6. The fourth-order valence-electron chi connectivity index (χ4n) is 5.84. The van der Waals surface area contributed by atoms with Gasteiger partial charge >= 0.3 is 6.18 Å². The first-order chi connectivity index (χ1) is 18.8. The largest absolute Gasteiger partial charge is 0.490 e. The maximum absolute atomic E-state index is 14.1. The lowest BCUT2D eigenvalue weighted by Gasteiger charge is -2.41. The molecule has 0 unspecified atom stereocenters. The monoisotopic (exact) mass is 560 g/mol. The van der Waals surface area contributed by atoms with Crippen molar-refractivity contribution in [2.75, 3.05) is 27.2 Å². The first-order valence-electron chi connectivity index (χ1n) is 14.0. The molecule has 2 aromatic rings. The number of aryl methyl sites for hydroxylation is 2. The molecule has 0 radical (unpaired) electrons. The number of likely N-dealkylation sites (tertiary alicyclic amines) is 1. The number of nitrogens with zero attached hydrogens (tertiary/aromatic N) is 2. The van der Waals surface area contributed by atoms with Gasteiger partial charge in [0.1, 0.15) is 5.75 Å². The molecule has 0 spiro atoms. The van der Waals surface area contributed by atoms with Crippen LogP contribution in [0.25, 0.3) is 0 Å². The molecular formula is C31H39F3N2O4. The van der Waals surface area contributed by atoms with Crippen LogP contribution in [-0.2, 0) is 16.8 Å². The van der Waals surface area contributed by atoms with E-state index in [0.717, 1.165) is 30.6 Å². The van der Waals surface area contributed by atoms with Crippen LogP contribution < -0.4 is 4.74 Å². The van der Waals surface area contributed by atoms with Gasteiger partial charge in [0, 0.05) is 38.3 Å². The van der Waals surface area contributed by atoms with Crippen LogP contribution in [0, 0.1) is 18.8 Å². The van der Waals surface area contributed by atoms with E-state index in [1.54, 1.807) is 31.1 Å². The lowest BCUT2D eigenvalue weighted by atomic mass is 9.74. The molecule has 0 aromatic heterocycles. The lowest BCUT2D eigenvalue weighted by molar-refractivity contribution is -0.262. The third-order valence-corrected chi connectivity index (χ3v) is 8.37. The number of rotatable bonds is 8. The number of piperidine rings is 1. The second kappa shape index (κ2) is 11.8. The zero-order chi connectivity index (χ0) is 29.2. The molecule has 1 heterocycles. The number of alkyl halides is 3. The van der Waals surface area contributed by atoms with Crippen molar-refractivity contribution < 1.29 is 32.6 Å². The van der Waals surface area contributed by atoms with Crippen molar-refractivity contribution in [2.45, 2.75) is 70.3 Å². The molecule has 1 aliphatic carbocycles. The molecule has 9 heteroatoms. The van der Waals surface area contributed by atoms with Gasteiger partial charge in [-0.1, -0.05) is 31.2 Å². The van der Waals surface area contributed by atoms with Gasteiger partial charge in [-0.3, -0.25) is 9.59 Å². The molecule has 2 aliphatic rings. The fourth-order valence-corrected chi connectivity index (χ4v) is 5.84. The third-order valence-electron chi connectivity index (χ3n) is 8.37. The van der Waals surface area contributed by atoms with Gasteiger partial charge in [0.15, 0.2) is 0 Å². The Morgan fingerprint density at radius 2 is 1.73 bits per heavy atom. The van der Waals surface area contributed by atoms with Gasteiger partial charge < -0.3 is 19.6 Å². The fraction of sp³-hybridized carbons (Fsp3) is 0.548. The predicted octanol–water partition coefficient (Wildman–Crippen LogP) is 5.50. The zero-order valence-corrected chi connectivity index (χ0v) is 23.6. The highest BCUT2D eigenvalue weighted by Gasteiger charge is 2.62. The van der Waals surface area contributed by atoms with Crippen molar-refractivity contribution >= 4 is 11.8 Å². The van der Waals surface area contributed by atoms with Crippen molar-refractivity contribution in [1.29, 1.82) is 0 Å². The number of halogens is 3. The van der Waals surface area contributed by atoms with E-state index in [2.05, 4.69) is 0 Å². The molecule has 6 nitrogen and oxygen atoms in total. The van der Waals surface area contributed by atoms with Crippen molar-refractivity contribution in [3.05, 3.63) is 64.7 Å². The number of amides is 2. The minimum atomic E-state index is -5.13. The van der Waals surface area contributed by atoms with Gasteiger partial charge in [-0.15, -0.1) is 0 Å². The molecule has 40 heavy (non-hydrogen) atoms. The number of ether oxygens (including phenoxy) is 1. The standard InChI is InChI=1S/C31H39F3N2O4/c1-5-21-7-6-8-24(17-21)30(39,31(32,33)34)29(38)36-13-11-22(12-14-36)16-23-18-26(19-23)40-25-9-10-27(20(2)15-25)28(37)35(3)4/h6-10,15,17,22-23,26,39H,5,11-14,16,18-19H2,1-4H3/t23-,26+,30-/m1/s1. The predicted molar refractivity (Wildman–Crippen MR) is 146 cm³/mol. The highest BCUT2D eigenvalue weighted by Crippen LogP contribution is 2.43. The Hall–Kier alpha value is -3.07. The average Bonchev–Trinajstić information content (AvgIpc) is 2.90. The van der Waals surface area contributed by atoms with E-state index < -0.39 is 23.2 Å². The van der Waals surface area contributed by atoms with Crippen LogP contribution in [0.5, 0.6) is 5.75 Å². The van der Waals surface area contributed by atoms with Crippen LogP contribution in [0.3, 0.4) is 0 Å². The molecule has 4 rings (SSSR count). The molecule has 1 atom stereocenters. The van der Waals surface area contributed by atoms with E-state index in [-0.39, 0.29) is 25.1 Å². The van der Waals surface area contributed by atoms with Crippen LogP contribution in [0.2, 0.25) is 0 Å². The van der Waals surface area contributed by atoms with E-state index in [1.165, 1.54) is 23.1 Å². The number of hydrogen-bond acceptors (Lipinski definition) is 4. The van der Waals surface area contributed by atoms with E-state index in [1.807, 2.05) is 26.0 Å².